The topological polar surface area (TPSA) is 64.5 Å². The molecule has 0 aliphatic heterocycles. The number of nitrogens with zero attached hydrogens (tertiary/aromatic N) is 2. The lowest BCUT2D eigenvalue weighted by Crippen LogP contribution is -2.45. The Morgan fingerprint density at radius 2 is 1.60 bits per heavy atom. The monoisotopic (exact) mass is 489 g/mol. The molecule has 1 N–H and O–H groups in total. The van der Waals surface area contributed by atoms with Gasteiger partial charge in [-0.2, -0.15) is 0 Å². The molecule has 185 valence electrons. The summed E-state index contributed by atoms with van der Waals surface area (Å²) in [6, 6.07) is 21.4. The first-order valence-corrected chi connectivity index (χ1v) is 14.0. The maximum absolute atomic E-state index is 8.98. The van der Waals surface area contributed by atoms with Crippen LogP contribution < -0.4 is 10.4 Å². The number of hydrogen-bond donors (Lipinski definition) is 1. The number of hydrogen-bond acceptors (Lipinski definition) is 5. The number of aliphatic hydroxyl groups is 1. The smallest absolute Gasteiger partial charge is 0.283 e. The van der Waals surface area contributed by atoms with Gasteiger partial charge in [0.2, 0.25) is 0 Å². The van der Waals surface area contributed by atoms with Crippen molar-refractivity contribution in [3.63, 3.8) is 0 Å². The molecule has 2 aromatic carbocycles. The Hall–Kier alpha value is -2.38. The second-order valence-corrected chi connectivity index (χ2v) is 12.4. The summed E-state index contributed by atoms with van der Waals surface area (Å²) in [5, 5.41) is 11.5. The van der Waals surface area contributed by atoms with Gasteiger partial charge in [-0.25, -0.2) is 9.97 Å². The van der Waals surface area contributed by atoms with Gasteiger partial charge in [0, 0.05) is 12.1 Å². The molecule has 4 rings (SSSR count). The number of ether oxygens (including phenoxy) is 1. The Balaban J connectivity index is 1.45. The molecule has 0 bridgehead atoms. The van der Waals surface area contributed by atoms with E-state index in [1.54, 1.807) is 0 Å². The summed E-state index contributed by atoms with van der Waals surface area (Å²) in [4.78, 5) is 9.48. The van der Waals surface area contributed by atoms with Crippen LogP contribution in [0.15, 0.2) is 66.9 Å². The van der Waals surface area contributed by atoms with Gasteiger partial charge in [-0.15, -0.1) is 0 Å². The quantitative estimate of drug-likeness (QED) is 0.458. The Kier molecular flexibility index (Phi) is 8.84. The van der Waals surface area contributed by atoms with E-state index < -0.39 is 9.04 Å². The summed E-state index contributed by atoms with van der Waals surface area (Å²) < 4.78 is 12.3. The van der Waals surface area contributed by atoms with E-state index in [0.29, 0.717) is 19.1 Å². The summed E-state index contributed by atoms with van der Waals surface area (Å²) in [6.45, 7) is 7.69. The highest BCUT2D eigenvalue weighted by Crippen LogP contribution is 2.32. The third kappa shape index (κ3) is 7.07. The lowest BCUT2D eigenvalue weighted by molar-refractivity contribution is 0.00537. The summed E-state index contributed by atoms with van der Waals surface area (Å²) in [6.07, 6.45) is 6.10. The van der Waals surface area contributed by atoms with Crippen molar-refractivity contribution in [2.24, 2.45) is 0 Å². The first-order valence-electron chi connectivity index (χ1n) is 12.6. The van der Waals surface area contributed by atoms with Crippen molar-refractivity contribution in [1.82, 2.24) is 9.97 Å². The van der Waals surface area contributed by atoms with Crippen molar-refractivity contribution < 1.29 is 14.3 Å². The molecule has 5 nitrogen and oxygen atoms in total. The first kappa shape index (κ1) is 25.7. The van der Waals surface area contributed by atoms with Crippen molar-refractivity contribution in [2.75, 3.05) is 13.2 Å². The van der Waals surface area contributed by atoms with Crippen molar-refractivity contribution >= 4 is 19.4 Å². The van der Waals surface area contributed by atoms with E-state index in [1.807, 2.05) is 18.3 Å². The van der Waals surface area contributed by atoms with Crippen LogP contribution in [0.2, 0.25) is 0 Å². The number of benzene rings is 2. The third-order valence-corrected chi connectivity index (χ3v) is 8.78. The zero-order chi connectivity index (χ0) is 24.7. The van der Waals surface area contributed by atoms with E-state index in [4.69, 9.17) is 19.3 Å². The van der Waals surface area contributed by atoms with Crippen LogP contribution in [0.25, 0.3) is 0 Å². The van der Waals surface area contributed by atoms with Crippen LogP contribution in [-0.4, -0.2) is 43.4 Å². The van der Waals surface area contributed by atoms with Crippen LogP contribution in [0.3, 0.4) is 0 Å². The Labute approximate surface area is 211 Å². The highest BCUT2D eigenvalue weighted by atomic mass is 28.3. The average molecular weight is 490 g/mol. The standard InChI is InChI=1S/C29H37N2O3Si/c1-29(2,3)23-11-15-27(16-12-23)35(26-7-5-4-6-8-26)34-21-24-17-18-30-28(31-24)22-9-13-25(14-10-22)33-20-19-32/h4-8,11-12,15-18,22,25,32H,9-10,13-14,19-21H2,1-3H3. The van der Waals surface area contributed by atoms with Gasteiger partial charge in [-0.1, -0.05) is 75.4 Å². The van der Waals surface area contributed by atoms with Crippen LogP contribution in [0.5, 0.6) is 0 Å². The summed E-state index contributed by atoms with van der Waals surface area (Å²) in [7, 11) is -1.41. The maximum Gasteiger partial charge on any atom is 0.283 e. The fourth-order valence-corrected chi connectivity index (χ4v) is 6.51. The van der Waals surface area contributed by atoms with Gasteiger partial charge in [0.05, 0.1) is 31.6 Å². The average Bonchev–Trinajstić information content (AvgIpc) is 2.88. The lowest BCUT2D eigenvalue weighted by Gasteiger charge is -2.27. The predicted molar refractivity (Wildman–Crippen MR) is 141 cm³/mol. The molecule has 1 fully saturated rings. The van der Waals surface area contributed by atoms with Gasteiger partial charge in [0.25, 0.3) is 9.04 Å². The van der Waals surface area contributed by atoms with Crippen molar-refractivity contribution in [2.45, 2.75) is 70.5 Å². The molecule has 0 amide bonds. The van der Waals surface area contributed by atoms with Crippen LogP contribution in [0, 0.1) is 0 Å². The summed E-state index contributed by atoms with van der Waals surface area (Å²) >= 11 is 0. The number of aliphatic hydroxyl groups excluding tert-OH is 1. The molecular weight excluding hydrogens is 452 g/mol. The molecule has 3 aromatic rings. The number of aromatic nitrogens is 2. The molecule has 1 heterocycles. The predicted octanol–water partition coefficient (Wildman–Crippen LogP) is 4.13. The molecular formula is C29H37N2O3Si. The van der Waals surface area contributed by atoms with E-state index >= 15 is 0 Å². The van der Waals surface area contributed by atoms with Crippen LogP contribution in [-0.2, 0) is 21.2 Å². The van der Waals surface area contributed by atoms with Gasteiger partial charge in [0.1, 0.15) is 5.82 Å². The Morgan fingerprint density at radius 1 is 0.914 bits per heavy atom. The highest BCUT2D eigenvalue weighted by Gasteiger charge is 2.25. The molecule has 0 unspecified atom stereocenters. The fourth-order valence-electron chi connectivity index (χ4n) is 4.59. The van der Waals surface area contributed by atoms with Crippen molar-refractivity contribution in [3.05, 3.63) is 83.9 Å². The summed E-state index contributed by atoms with van der Waals surface area (Å²) in [5.74, 6) is 1.27. The van der Waals surface area contributed by atoms with E-state index in [2.05, 4.69) is 74.3 Å². The fraction of sp³-hybridized carbons (Fsp3) is 0.448. The maximum atomic E-state index is 8.98. The minimum Gasteiger partial charge on any atom is -0.401 e. The molecule has 1 aliphatic rings. The minimum atomic E-state index is -1.41. The molecule has 6 heteroatoms. The number of rotatable bonds is 9. The van der Waals surface area contributed by atoms with Gasteiger partial charge >= 0.3 is 0 Å². The van der Waals surface area contributed by atoms with Crippen LogP contribution >= 0.6 is 0 Å². The van der Waals surface area contributed by atoms with E-state index in [9.17, 15) is 0 Å². The molecule has 0 atom stereocenters. The van der Waals surface area contributed by atoms with Gasteiger partial charge in [-0.3, -0.25) is 0 Å². The first-order chi connectivity index (χ1) is 16.9. The van der Waals surface area contributed by atoms with Crippen LogP contribution in [0.4, 0.5) is 0 Å². The molecule has 0 spiro atoms. The molecule has 1 saturated carbocycles. The minimum absolute atomic E-state index is 0.0816. The van der Waals surface area contributed by atoms with Gasteiger partial charge in [-0.05, 0) is 53.1 Å². The summed E-state index contributed by atoms with van der Waals surface area (Å²) in [5.41, 5.74) is 2.38. The molecule has 1 aromatic heterocycles. The van der Waals surface area contributed by atoms with Gasteiger partial charge in [0.15, 0.2) is 0 Å². The second kappa shape index (κ2) is 12.0. The zero-order valence-electron chi connectivity index (χ0n) is 21.1. The zero-order valence-corrected chi connectivity index (χ0v) is 22.1. The van der Waals surface area contributed by atoms with E-state index in [1.165, 1.54) is 15.9 Å². The van der Waals surface area contributed by atoms with Crippen molar-refractivity contribution in [3.8, 4) is 0 Å². The van der Waals surface area contributed by atoms with E-state index in [-0.39, 0.29) is 18.1 Å². The lowest BCUT2D eigenvalue weighted by atomic mass is 9.87. The molecule has 1 aliphatic carbocycles. The van der Waals surface area contributed by atoms with Crippen molar-refractivity contribution in [1.29, 1.82) is 0 Å². The SMILES string of the molecule is CC(C)(C)c1ccc([Si](OCc2ccnc(C3CCC(OCCO)CC3)n2)c2ccccc2)cc1. The highest BCUT2D eigenvalue weighted by molar-refractivity contribution is 6.80. The molecule has 1 radical (unpaired) electrons. The molecule has 35 heavy (non-hydrogen) atoms. The third-order valence-electron chi connectivity index (χ3n) is 6.63. The largest absolute Gasteiger partial charge is 0.401 e. The molecule has 0 saturated heterocycles. The Bertz CT molecular complexity index is 1050. The Morgan fingerprint density at radius 3 is 2.26 bits per heavy atom. The van der Waals surface area contributed by atoms with Gasteiger partial charge < -0.3 is 14.3 Å². The normalized spacial score (nSPS) is 18.7. The second-order valence-electron chi connectivity index (χ2n) is 10.3. The van der Waals surface area contributed by atoms with E-state index in [0.717, 1.165) is 37.2 Å². The van der Waals surface area contributed by atoms with Crippen LogP contribution in [0.1, 0.15) is 69.5 Å².